The molecule has 10 nitrogen and oxygen atoms in total. The van der Waals surface area contributed by atoms with Crippen molar-refractivity contribution in [3.8, 4) is 0 Å². The molecular weight excluding hydrogens is 542 g/mol. The van der Waals surface area contributed by atoms with Crippen molar-refractivity contribution in [2.75, 3.05) is 19.3 Å². The average Bonchev–Trinajstić information content (AvgIpc) is 3.47. The molecule has 0 bridgehead atoms. The summed E-state index contributed by atoms with van der Waals surface area (Å²) in [6.07, 6.45) is 9.28. The minimum absolute atomic E-state index is 0.00946. The molecule has 11 heteroatoms. The van der Waals surface area contributed by atoms with E-state index in [-0.39, 0.29) is 36.3 Å². The van der Waals surface area contributed by atoms with Crippen LogP contribution in [0.1, 0.15) is 99.8 Å². The number of likely N-dealkylation sites (tertiary alicyclic amines) is 1. The largest absolute Gasteiger partial charge is 0.353 e. The van der Waals surface area contributed by atoms with Gasteiger partial charge in [-0.1, -0.05) is 53.4 Å². The van der Waals surface area contributed by atoms with Gasteiger partial charge in [0.1, 0.15) is 6.04 Å². The Balaban J connectivity index is 1.82. The van der Waals surface area contributed by atoms with Crippen molar-refractivity contribution in [3.63, 3.8) is 0 Å². The maximum atomic E-state index is 14.2. The van der Waals surface area contributed by atoms with Crippen molar-refractivity contribution >= 4 is 27.7 Å². The summed E-state index contributed by atoms with van der Waals surface area (Å²) in [4.78, 5) is 42.8. The van der Waals surface area contributed by atoms with E-state index < -0.39 is 45.5 Å². The van der Waals surface area contributed by atoms with E-state index in [1.807, 2.05) is 34.6 Å². The summed E-state index contributed by atoms with van der Waals surface area (Å²) >= 11 is 0. The first-order valence-corrected chi connectivity index (χ1v) is 17.5. The number of amides is 3. The normalized spacial score (nSPS) is 27.1. The van der Waals surface area contributed by atoms with Gasteiger partial charge in [0.2, 0.25) is 27.7 Å². The van der Waals surface area contributed by atoms with Gasteiger partial charge in [0, 0.05) is 31.2 Å². The second-order valence-corrected chi connectivity index (χ2v) is 15.8. The summed E-state index contributed by atoms with van der Waals surface area (Å²) < 4.78 is 26.9. The molecule has 0 aromatic carbocycles. The molecule has 0 aromatic rings. The van der Waals surface area contributed by atoms with Crippen LogP contribution in [-0.2, 0) is 24.4 Å². The first kappa shape index (κ1) is 33.8. The zero-order valence-corrected chi connectivity index (χ0v) is 27.4. The third-order valence-corrected chi connectivity index (χ3v) is 10.7. The van der Waals surface area contributed by atoms with Crippen molar-refractivity contribution in [1.82, 2.24) is 25.2 Å². The average molecular weight is 598 g/mol. The van der Waals surface area contributed by atoms with E-state index in [1.165, 1.54) is 17.0 Å². The van der Waals surface area contributed by atoms with Crippen LogP contribution < -0.4 is 16.0 Å². The Hall–Kier alpha value is -1.72. The fourth-order valence-corrected chi connectivity index (χ4v) is 8.25. The van der Waals surface area contributed by atoms with E-state index >= 15 is 0 Å². The Morgan fingerprint density at radius 2 is 1.61 bits per heavy atom. The maximum Gasteiger partial charge on any atom is 0.246 e. The van der Waals surface area contributed by atoms with Gasteiger partial charge in [0.25, 0.3) is 0 Å². The lowest BCUT2D eigenvalue weighted by atomic mass is 9.84. The van der Waals surface area contributed by atoms with Gasteiger partial charge in [-0.05, 0) is 57.8 Å². The number of sulfonamides is 1. The maximum absolute atomic E-state index is 14.2. The molecule has 41 heavy (non-hydrogen) atoms. The summed E-state index contributed by atoms with van der Waals surface area (Å²) in [6, 6.07) is -2.17. The van der Waals surface area contributed by atoms with Gasteiger partial charge in [-0.15, -0.1) is 0 Å². The number of hydrogen-bond acceptors (Lipinski definition) is 6. The van der Waals surface area contributed by atoms with Gasteiger partial charge in [-0.2, -0.15) is 4.31 Å². The lowest BCUT2D eigenvalue weighted by molar-refractivity contribution is -0.142. The summed E-state index contributed by atoms with van der Waals surface area (Å²) in [6.45, 7) is 14.1. The summed E-state index contributed by atoms with van der Waals surface area (Å²) in [5, 5.41) is 9.50. The van der Waals surface area contributed by atoms with E-state index in [4.69, 9.17) is 0 Å². The van der Waals surface area contributed by atoms with Gasteiger partial charge >= 0.3 is 0 Å². The Labute approximate surface area is 248 Å². The van der Waals surface area contributed by atoms with E-state index in [0.717, 1.165) is 38.5 Å². The van der Waals surface area contributed by atoms with Crippen molar-refractivity contribution in [3.05, 3.63) is 0 Å². The van der Waals surface area contributed by atoms with Crippen LogP contribution in [0.2, 0.25) is 0 Å². The van der Waals surface area contributed by atoms with Crippen molar-refractivity contribution < 1.29 is 22.8 Å². The van der Waals surface area contributed by atoms with E-state index in [1.54, 1.807) is 11.8 Å². The number of fused-ring (bicyclic) bond motifs is 1. The molecule has 2 saturated heterocycles. The molecule has 3 N–H and O–H groups in total. The third kappa shape index (κ3) is 8.22. The molecule has 0 aromatic heterocycles. The van der Waals surface area contributed by atoms with Crippen LogP contribution in [0.25, 0.3) is 0 Å². The van der Waals surface area contributed by atoms with E-state index in [2.05, 4.69) is 22.9 Å². The molecule has 3 aliphatic rings. The lowest BCUT2D eigenvalue weighted by Crippen LogP contribution is -2.60. The molecular formula is C30H55N5O5S. The van der Waals surface area contributed by atoms with Gasteiger partial charge in [0.05, 0.1) is 24.3 Å². The van der Waals surface area contributed by atoms with Gasteiger partial charge < -0.3 is 20.9 Å². The van der Waals surface area contributed by atoms with Crippen LogP contribution in [0, 0.1) is 17.3 Å². The van der Waals surface area contributed by atoms with Crippen molar-refractivity contribution in [2.45, 2.75) is 136 Å². The molecule has 1 aliphatic carbocycles. The van der Waals surface area contributed by atoms with E-state index in [0.29, 0.717) is 18.9 Å². The monoisotopic (exact) mass is 597 g/mol. The Morgan fingerprint density at radius 1 is 0.976 bits per heavy atom. The number of nitrogens with zero attached hydrogens (tertiary/aromatic N) is 2. The zero-order chi connectivity index (χ0) is 30.7. The molecule has 7 atom stereocenters. The standard InChI is InChI=1S/C30H55N5O5S/c1-9-13-19(2)31-21(4)27(36)33-26(30(5,6)7)29(38)34-17-16-24-25(34)23(18-35(24)41(8,39)40)28(37)32-20(3)22-14-11-10-12-15-22/h19-26,31H,9-18H2,1-8H3,(H,32,37)(H,33,36). The van der Waals surface area contributed by atoms with Gasteiger partial charge in [0.15, 0.2) is 0 Å². The van der Waals surface area contributed by atoms with Crippen LogP contribution in [0.3, 0.4) is 0 Å². The molecule has 7 unspecified atom stereocenters. The molecule has 0 spiro atoms. The van der Waals surface area contributed by atoms with Gasteiger partial charge in [-0.25, -0.2) is 8.42 Å². The van der Waals surface area contributed by atoms with Crippen LogP contribution in [-0.4, -0.2) is 90.9 Å². The minimum Gasteiger partial charge on any atom is -0.353 e. The molecule has 3 amide bonds. The molecule has 2 aliphatic heterocycles. The number of carbonyl (C=O) groups is 3. The molecule has 3 rings (SSSR count). The Morgan fingerprint density at radius 3 is 2.17 bits per heavy atom. The Kier molecular flexibility index (Phi) is 11.3. The zero-order valence-electron chi connectivity index (χ0n) is 26.5. The second kappa shape index (κ2) is 13.7. The first-order chi connectivity index (χ1) is 19.1. The third-order valence-electron chi connectivity index (χ3n) is 9.40. The molecule has 1 saturated carbocycles. The highest BCUT2D eigenvalue weighted by molar-refractivity contribution is 7.88. The van der Waals surface area contributed by atoms with Crippen molar-refractivity contribution in [2.24, 2.45) is 17.3 Å². The predicted octanol–water partition coefficient (Wildman–Crippen LogP) is 2.63. The Bertz CT molecular complexity index is 1040. The first-order valence-electron chi connectivity index (χ1n) is 15.7. The number of hydrogen-bond donors (Lipinski definition) is 3. The molecule has 236 valence electrons. The number of carbonyl (C=O) groups excluding carboxylic acids is 3. The smallest absolute Gasteiger partial charge is 0.246 e. The van der Waals surface area contributed by atoms with E-state index in [9.17, 15) is 22.8 Å². The second-order valence-electron chi connectivity index (χ2n) is 13.9. The highest BCUT2D eigenvalue weighted by atomic mass is 32.2. The topological polar surface area (TPSA) is 128 Å². The fourth-order valence-electron chi connectivity index (χ4n) is 7.10. The summed E-state index contributed by atoms with van der Waals surface area (Å²) in [7, 11) is -3.58. The van der Waals surface area contributed by atoms with Crippen LogP contribution >= 0.6 is 0 Å². The predicted molar refractivity (Wildman–Crippen MR) is 161 cm³/mol. The van der Waals surface area contributed by atoms with Crippen molar-refractivity contribution in [1.29, 1.82) is 0 Å². The highest BCUT2D eigenvalue weighted by Crippen LogP contribution is 2.39. The van der Waals surface area contributed by atoms with Crippen LogP contribution in [0.4, 0.5) is 0 Å². The van der Waals surface area contributed by atoms with Gasteiger partial charge in [-0.3, -0.25) is 14.4 Å². The SMILES string of the molecule is CCCC(C)NC(C)C(=O)NC(C(=O)N1CCC2C1C(C(=O)NC(C)C1CCCCC1)CN2S(C)(=O)=O)C(C)(C)C. The molecule has 2 heterocycles. The number of rotatable bonds is 11. The quantitative estimate of drug-likeness (QED) is 0.336. The molecule has 3 fully saturated rings. The lowest BCUT2D eigenvalue weighted by Gasteiger charge is -2.37. The highest BCUT2D eigenvalue weighted by Gasteiger charge is 2.56. The summed E-state index contributed by atoms with van der Waals surface area (Å²) in [5.41, 5.74) is -0.595. The molecule has 0 radical (unpaired) electrons. The summed E-state index contributed by atoms with van der Waals surface area (Å²) in [5.74, 6) is -0.965. The van der Waals surface area contributed by atoms with Crippen LogP contribution in [0.5, 0.6) is 0 Å². The fraction of sp³-hybridized carbons (Fsp3) is 0.900. The minimum atomic E-state index is -3.58. The van der Waals surface area contributed by atoms with Crippen LogP contribution in [0.15, 0.2) is 0 Å². The number of nitrogens with one attached hydrogen (secondary N) is 3.